The molecule has 9 heteroatoms. The van der Waals surface area contributed by atoms with Crippen molar-refractivity contribution in [3.63, 3.8) is 0 Å². The van der Waals surface area contributed by atoms with Crippen molar-refractivity contribution in [3.8, 4) is 0 Å². The third-order valence-electron chi connectivity index (χ3n) is 4.77. The van der Waals surface area contributed by atoms with E-state index in [0.29, 0.717) is 16.7 Å². The lowest BCUT2D eigenvalue weighted by Crippen LogP contribution is -2.23. The fourth-order valence-electron chi connectivity index (χ4n) is 3.02. The van der Waals surface area contributed by atoms with E-state index in [1.807, 2.05) is 19.9 Å². The SMILES string of the molecule is CCN(CC)c1cc(C)nc(Nc2ccc(NS(=O)(=O)c3ccc(C)c(Cl)c3)cc2)n1. The first-order valence-corrected chi connectivity index (χ1v) is 11.8. The molecule has 3 aromatic rings. The summed E-state index contributed by atoms with van der Waals surface area (Å²) in [4.78, 5) is 11.3. The van der Waals surface area contributed by atoms with Gasteiger partial charge in [-0.3, -0.25) is 4.72 Å². The quantitative estimate of drug-likeness (QED) is 0.485. The lowest BCUT2D eigenvalue weighted by molar-refractivity contribution is 0.601. The average Bonchev–Trinajstić information content (AvgIpc) is 2.72. The van der Waals surface area contributed by atoms with E-state index >= 15 is 0 Å². The lowest BCUT2D eigenvalue weighted by atomic mass is 10.2. The zero-order valence-corrected chi connectivity index (χ0v) is 19.5. The summed E-state index contributed by atoms with van der Waals surface area (Å²) in [6.07, 6.45) is 0. The molecule has 0 saturated carbocycles. The molecule has 0 aliphatic heterocycles. The number of halogens is 1. The molecular formula is C22H26ClN5O2S. The number of nitrogens with zero attached hydrogens (tertiary/aromatic N) is 3. The number of nitrogens with one attached hydrogen (secondary N) is 2. The second kappa shape index (κ2) is 9.53. The minimum atomic E-state index is -3.74. The molecule has 0 bridgehead atoms. The van der Waals surface area contributed by atoms with Crippen molar-refractivity contribution in [2.24, 2.45) is 0 Å². The first-order chi connectivity index (χ1) is 14.7. The maximum Gasteiger partial charge on any atom is 0.261 e. The molecule has 2 N–H and O–H groups in total. The van der Waals surface area contributed by atoms with Gasteiger partial charge in [-0.2, -0.15) is 4.98 Å². The number of anilines is 4. The highest BCUT2D eigenvalue weighted by atomic mass is 35.5. The summed E-state index contributed by atoms with van der Waals surface area (Å²) in [5, 5.41) is 3.59. The van der Waals surface area contributed by atoms with Gasteiger partial charge in [-0.1, -0.05) is 17.7 Å². The highest BCUT2D eigenvalue weighted by Gasteiger charge is 2.15. The molecule has 1 aromatic heterocycles. The molecule has 2 aromatic carbocycles. The van der Waals surface area contributed by atoms with Gasteiger partial charge in [-0.05, 0) is 69.7 Å². The van der Waals surface area contributed by atoms with Crippen molar-refractivity contribution >= 4 is 44.8 Å². The summed E-state index contributed by atoms with van der Waals surface area (Å²) in [6.45, 7) is 9.62. The molecule has 0 spiro atoms. The van der Waals surface area contributed by atoms with Crippen molar-refractivity contribution in [2.45, 2.75) is 32.6 Å². The zero-order valence-electron chi connectivity index (χ0n) is 18.0. The van der Waals surface area contributed by atoms with Crippen LogP contribution in [0, 0.1) is 13.8 Å². The Hall–Kier alpha value is -2.84. The van der Waals surface area contributed by atoms with E-state index < -0.39 is 10.0 Å². The Labute approximate surface area is 188 Å². The maximum absolute atomic E-state index is 12.6. The van der Waals surface area contributed by atoms with Crippen LogP contribution in [-0.2, 0) is 10.0 Å². The summed E-state index contributed by atoms with van der Waals surface area (Å²) in [5.41, 5.74) is 2.87. The number of aryl methyl sites for hydroxylation is 2. The van der Waals surface area contributed by atoms with Gasteiger partial charge in [0.25, 0.3) is 10.0 Å². The molecule has 0 unspecified atom stereocenters. The van der Waals surface area contributed by atoms with Crippen LogP contribution >= 0.6 is 11.6 Å². The lowest BCUT2D eigenvalue weighted by Gasteiger charge is -2.20. The van der Waals surface area contributed by atoms with E-state index in [2.05, 4.69) is 38.8 Å². The third kappa shape index (κ3) is 5.65. The second-order valence-electron chi connectivity index (χ2n) is 7.08. The molecule has 0 aliphatic carbocycles. The first-order valence-electron chi connectivity index (χ1n) is 9.98. The van der Waals surface area contributed by atoms with Crippen molar-refractivity contribution in [2.75, 3.05) is 28.0 Å². The minimum Gasteiger partial charge on any atom is -0.357 e. The smallest absolute Gasteiger partial charge is 0.261 e. The van der Waals surface area contributed by atoms with Gasteiger partial charge in [0, 0.05) is 41.2 Å². The van der Waals surface area contributed by atoms with Crippen molar-refractivity contribution in [1.29, 1.82) is 0 Å². The van der Waals surface area contributed by atoms with Crippen LogP contribution in [0.4, 0.5) is 23.1 Å². The number of aromatic nitrogens is 2. The van der Waals surface area contributed by atoms with Crippen LogP contribution in [0.1, 0.15) is 25.1 Å². The van der Waals surface area contributed by atoms with E-state index in [9.17, 15) is 8.42 Å². The monoisotopic (exact) mass is 459 g/mol. The van der Waals surface area contributed by atoms with Crippen LogP contribution in [0.15, 0.2) is 53.4 Å². The van der Waals surface area contributed by atoms with Crippen LogP contribution in [0.5, 0.6) is 0 Å². The van der Waals surface area contributed by atoms with Crippen LogP contribution < -0.4 is 14.9 Å². The van der Waals surface area contributed by atoms with E-state index in [1.54, 1.807) is 30.3 Å². The van der Waals surface area contributed by atoms with Crippen LogP contribution in [0.2, 0.25) is 5.02 Å². The number of rotatable bonds is 8. The van der Waals surface area contributed by atoms with Gasteiger partial charge in [0.15, 0.2) is 0 Å². The van der Waals surface area contributed by atoms with E-state index in [-0.39, 0.29) is 4.90 Å². The molecule has 164 valence electrons. The van der Waals surface area contributed by atoms with Crippen molar-refractivity contribution < 1.29 is 8.42 Å². The summed E-state index contributed by atoms with van der Waals surface area (Å²) in [5.74, 6) is 1.35. The van der Waals surface area contributed by atoms with Crippen LogP contribution in [0.3, 0.4) is 0 Å². The predicted molar refractivity (Wildman–Crippen MR) is 127 cm³/mol. The highest BCUT2D eigenvalue weighted by Crippen LogP contribution is 2.24. The standard InChI is InChI=1S/C22H26ClN5O2S/c1-5-28(6-2)21-13-16(4)24-22(26-21)25-17-8-10-18(11-9-17)27-31(29,30)19-12-7-15(3)20(23)14-19/h7-14,27H,5-6H2,1-4H3,(H,24,25,26). The predicted octanol–water partition coefficient (Wildman–Crippen LogP) is 5.14. The normalized spacial score (nSPS) is 11.3. The van der Waals surface area contributed by atoms with Crippen LogP contribution in [0.25, 0.3) is 0 Å². The Morgan fingerprint density at radius 1 is 0.935 bits per heavy atom. The molecule has 3 rings (SSSR count). The maximum atomic E-state index is 12.6. The summed E-state index contributed by atoms with van der Waals surface area (Å²) in [6, 6.07) is 13.5. The number of benzene rings is 2. The Balaban J connectivity index is 1.75. The van der Waals surface area contributed by atoms with Gasteiger partial charge >= 0.3 is 0 Å². The molecule has 0 saturated heterocycles. The van der Waals surface area contributed by atoms with E-state index in [4.69, 9.17) is 11.6 Å². The second-order valence-corrected chi connectivity index (χ2v) is 9.17. The van der Waals surface area contributed by atoms with Gasteiger partial charge in [0.05, 0.1) is 4.90 Å². The molecule has 0 radical (unpaired) electrons. The third-order valence-corrected chi connectivity index (χ3v) is 6.56. The highest BCUT2D eigenvalue weighted by molar-refractivity contribution is 7.92. The van der Waals surface area contributed by atoms with Gasteiger partial charge in [0.2, 0.25) is 5.95 Å². The summed E-state index contributed by atoms with van der Waals surface area (Å²) in [7, 11) is -3.74. The topological polar surface area (TPSA) is 87.2 Å². The van der Waals surface area contributed by atoms with Crippen molar-refractivity contribution in [3.05, 3.63) is 64.8 Å². The van der Waals surface area contributed by atoms with Gasteiger partial charge in [-0.15, -0.1) is 0 Å². The molecule has 1 heterocycles. The number of sulfonamides is 1. The fourth-order valence-corrected chi connectivity index (χ4v) is 4.35. The minimum absolute atomic E-state index is 0.113. The molecule has 7 nitrogen and oxygen atoms in total. The van der Waals surface area contributed by atoms with E-state index in [1.165, 1.54) is 12.1 Å². The Morgan fingerprint density at radius 3 is 2.19 bits per heavy atom. The Morgan fingerprint density at radius 2 is 1.58 bits per heavy atom. The van der Waals surface area contributed by atoms with Crippen LogP contribution in [-0.4, -0.2) is 31.5 Å². The first kappa shape index (κ1) is 22.8. The Kier molecular flexibility index (Phi) is 7.02. The molecular weight excluding hydrogens is 434 g/mol. The Bertz CT molecular complexity index is 1160. The largest absolute Gasteiger partial charge is 0.357 e. The fraction of sp³-hybridized carbons (Fsp3) is 0.273. The van der Waals surface area contributed by atoms with Gasteiger partial charge in [0.1, 0.15) is 5.82 Å². The molecule has 0 amide bonds. The van der Waals surface area contributed by atoms with Crippen molar-refractivity contribution in [1.82, 2.24) is 9.97 Å². The number of hydrogen-bond acceptors (Lipinski definition) is 6. The summed E-state index contributed by atoms with van der Waals surface area (Å²) < 4.78 is 27.8. The molecule has 0 aliphatic rings. The summed E-state index contributed by atoms with van der Waals surface area (Å²) >= 11 is 6.07. The number of hydrogen-bond donors (Lipinski definition) is 2. The molecule has 0 fully saturated rings. The van der Waals surface area contributed by atoms with E-state index in [0.717, 1.165) is 35.9 Å². The molecule has 0 atom stereocenters. The van der Waals surface area contributed by atoms with Gasteiger partial charge in [-0.25, -0.2) is 13.4 Å². The molecule has 31 heavy (non-hydrogen) atoms. The van der Waals surface area contributed by atoms with Gasteiger partial charge < -0.3 is 10.2 Å². The zero-order chi connectivity index (χ0) is 22.6. The average molecular weight is 460 g/mol.